The van der Waals surface area contributed by atoms with Crippen molar-refractivity contribution in [2.75, 3.05) is 6.54 Å². The van der Waals surface area contributed by atoms with Crippen LogP contribution in [0.25, 0.3) is 21.8 Å². The van der Waals surface area contributed by atoms with Gasteiger partial charge in [0.25, 0.3) is 0 Å². The van der Waals surface area contributed by atoms with Crippen LogP contribution in [-0.4, -0.2) is 16.5 Å². The number of fused-ring (bicyclic) bond motifs is 5. The Labute approximate surface area is 140 Å². The number of hydrogen-bond donors (Lipinski definition) is 2. The smallest absolute Gasteiger partial charge is 0.0691 e. The minimum atomic E-state index is 0.866. The number of H-pyrrole nitrogens is 1. The molecular formula is C21H19N3. The van der Waals surface area contributed by atoms with E-state index in [-0.39, 0.29) is 0 Å². The summed E-state index contributed by atoms with van der Waals surface area (Å²) in [4.78, 5) is 8.69. The molecule has 24 heavy (non-hydrogen) atoms. The molecular weight excluding hydrogens is 294 g/mol. The summed E-state index contributed by atoms with van der Waals surface area (Å²) >= 11 is 0. The van der Waals surface area contributed by atoms with Crippen molar-refractivity contribution in [2.24, 2.45) is 0 Å². The quantitative estimate of drug-likeness (QED) is 0.588. The number of nitrogens with zero attached hydrogens (tertiary/aromatic N) is 1. The largest absolute Gasteiger partial charge is 0.353 e. The summed E-state index contributed by atoms with van der Waals surface area (Å²) in [7, 11) is 0. The molecule has 4 aromatic rings. The summed E-state index contributed by atoms with van der Waals surface area (Å²) in [6, 6.07) is 19.2. The summed E-state index contributed by atoms with van der Waals surface area (Å²) in [5.74, 6) is 0. The molecule has 1 aliphatic heterocycles. The highest BCUT2D eigenvalue weighted by molar-refractivity contribution is 6.10. The molecule has 0 radical (unpaired) electrons. The van der Waals surface area contributed by atoms with Crippen molar-refractivity contribution < 1.29 is 0 Å². The van der Waals surface area contributed by atoms with Gasteiger partial charge in [0, 0.05) is 47.9 Å². The Morgan fingerprint density at radius 3 is 2.71 bits per heavy atom. The lowest BCUT2D eigenvalue weighted by Crippen LogP contribution is -2.25. The highest BCUT2D eigenvalue weighted by Gasteiger charge is 2.20. The molecule has 5 rings (SSSR count). The maximum Gasteiger partial charge on any atom is 0.0691 e. The van der Waals surface area contributed by atoms with Crippen LogP contribution in [0.1, 0.15) is 22.5 Å². The number of aromatic nitrogens is 2. The predicted octanol–water partition coefficient (Wildman–Crippen LogP) is 3.95. The number of pyridine rings is 1. The molecule has 2 aromatic heterocycles. The zero-order chi connectivity index (χ0) is 15.9. The van der Waals surface area contributed by atoms with Gasteiger partial charge in [-0.2, -0.15) is 0 Å². The van der Waals surface area contributed by atoms with Gasteiger partial charge in [0.2, 0.25) is 0 Å². The summed E-state index contributed by atoms with van der Waals surface area (Å²) in [6.45, 7) is 1.92. The third-order valence-corrected chi connectivity index (χ3v) is 4.97. The van der Waals surface area contributed by atoms with Crippen LogP contribution in [0, 0.1) is 0 Å². The molecule has 0 saturated carbocycles. The molecule has 0 bridgehead atoms. The van der Waals surface area contributed by atoms with Crippen LogP contribution < -0.4 is 5.32 Å². The van der Waals surface area contributed by atoms with E-state index in [2.05, 4.69) is 64.9 Å². The molecule has 3 heterocycles. The Balaban J connectivity index is 1.80. The number of benzene rings is 2. The molecule has 0 unspecified atom stereocenters. The summed E-state index contributed by atoms with van der Waals surface area (Å²) < 4.78 is 0. The Hall–Kier alpha value is -2.65. The van der Waals surface area contributed by atoms with Crippen LogP contribution in [0.15, 0.2) is 54.6 Å². The summed E-state index contributed by atoms with van der Waals surface area (Å²) in [5.41, 5.74) is 7.49. The molecule has 0 aliphatic carbocycles. The molecule has 1 aliphatic rings. The summed E-state index contributed by atoms with van der Waals surface area (Å²) in [6.07, 6.45) is 1.87. The van der Waals surface area contributed by atoms with Crippen LogP contribution in [-0.2, 0) is 19.4 Å². The molecule has 2 aromatic carbocycles. The first-order valence-corrected chi connectivity index (χ1v) is 8.56. The first-order chi connectivity index (χ1) is 11.9. The highest BCUT2D eigenvalue weighted by atomic mass is 14.9. The number of aromatic amines is 1. The van der Waals surface area contributed by atoms with E-state index in [9.17, 15) is 0 Å². The fourth-order valence-corrected chi connectivity index (χ4v) is 3.84. The lowest BCUT2D eigenvalue weighted by atomic mass is 9.98. The number of rotatable bonds is 2. The number of nitrogens with one attached hydrogen (secondary N) is 2. The van der Waals surface area contributed by atoms with Gasteiger partial charge in [-0.15, -0.1) is 0 Å². The minimum Gasteiger partial charge on any atom is -0.353 e. The SMILES string of the molecule is c1ccc(Cc2nc3c(c4c2[nH]c2ccccc24)CNCC3)cc1. The van der Waals surface area contributed by atoms with Gasteiger partial charge in [-0.25, -0.2) is 0 Å². The maximum absolute atomic E-state index is 5.06. The summed E-state index contributed by atoms with van der Waals surface area (Å²) in [5, 5.41) is 6.17. The van der Waals surface area contributed by atoms with Gasteiger partial charge in [-0.1, -0.05) is 48.5 Å². The number of hydrogen-bond acceptors (Lipinski definition) is 2. The van der Waals surface area contributed by atoms with Crippen LogP contribution >= 0.6 is 0 Å². The first-order valence-electron chi connectivity index (χ1n) is 8.56. The number of para-hydroxylation sites is 1. The van der Waals surface area contributed by atoms with Crippen LogP contribution in [0.2, 0.25) is 0 Å². The third-order valence-electron chi connectivity index (χ3n) is 4.97. The van der Waals surface area contributed by atoms with Gasteiger partial charge in [-0.05, 0) is 17.2 Å². The molecule has 0 saturated heterocycles. The van der Waals surface area contributed by atoms with E-state index in [1.165, 1.54) is 38.6 Å². The minimum absolute atomic E-state index is 0.866. The molecule has 3 nitrogen and oxygen atoms in total. The van der Waals surface area contributed by atoms with Gasteiger partial charge in [0.05, 0.1) is 11.2 Å². The highest BCUT2D eigenvalue weighted by Crippen LogP contribution is 2.33. The third kappa shape index (κ3) is 2.13. The van der Waals surface area contributed by atoms with Crippen molar-refractivity contribution in [3.8, 4) is 0 Å². The van der Waals surface area contributed by atoms with E-state index in [0.717, 1.165) is 31.6 Å². The fourth-order valence-electron chi connectivity index (χ4n) is 3.84. The normalized spacial score (nSPS) is 14.2. The lowest BCUT2D eigenvalue weighted by molar-refractivity contribution is 0.633. The van der Waals surface area contributed by atoms with Gasteiger partial charge < -0.3 is 10.3 Å². The topological polar surface area (TPSA) is 40.7 Å². The Kier molecular flexibility index (Phi) is 3.13. The van der Waals surface area contributed by atoms with E-state index in [1.807, 2.05) is 0 Å². The van der Waals surface area contributed by atoms with Crippen molar-refractivity contribution in [1.29, 1.82) is 0 Å². The van der Waals surface area contributed by atoms with E-state index in [0.29, 0.717) is 0 Å². The van der Waals surface area contributed by atoms with E-state index < -0.39 is 0 Å². The molecule has 3 heteroatoms. The van der Waals surface area contributed by atoms with Crippen LogP contribution in [0.5, 0.6) is 0 Å². The first kappa shape index (κ1) is 13.8. The fraction of sp³-hybridized carbons (Fsp3) is 0.190. The van der Waals surface area contributed by atoms with Crippen molar-refractivity contribution >= 4 is 21.8 Å². The second-order valence-electron chi connectivity index (χ2n) is 6.49. The zero-order valence-corrected chi connectivity index (χ0v) is 13.5. The molecule has 118 valence electrons. The Morgan fingerprint density at radius 1 is 0.958 bits per heavy atom. The lowest BCUT2D eigenvalue weighted by Gasteiger charge is -2.19. The predicted molar refractivity (Wildman–Crippen MR) is 98.3 cm³/mol. The van der Waals surface area contributed by atoms with Gasteiger partial charge in [0.1, 0.15) is 0 Å². The van der Waals surface area contributed by atoms with Gasteiger partial charge in [-0.3, -0.25) is 4.98 Å². The molecule has 2 N–H and O–H groups in total. The maximum atomic E-state index is 5.06. The van der Waals surface area contributed by atoms with E-state index in [1.54, 1.807) is 0 Å². The van der Waals surface area contributed by atoms with Crippen molar-refractivity contribution in [3.63, 3.8) is 0 Å². The van der Waals surface area contributed by atoms with Crippen LogP contribution in [0.3, 0.4) is 0 Å². The second kappa shape index (κ2) is 5.46. The van der Waals surface area contributed by atoms with Crippen molar-refractivity contribution in [1.82, 2.24) is 15.3 Å². The Bertz CT molecular complexity index is 1030. The van der Waals surface area contributed by atoms with E-state index in [4.69, 9.17) is 4.98 Å². The van der Waals surface area contributed by atoms with Crippen molar-refractivity contribution in [2.45, 2.75) is 19.4 Å². The molecule has 0 atom stereocenters. The Morgan fingerprint density at radius 2 is 1.79 bits per heavy atom. The van der Waals surface area contributed by atoms with Gasteiger partial charge >= 0.3 is 0 Å². The monoisotopic (exact) mass is 313 g/mol. The van der Waals surface area contributed by atoms with Crippen LogP contribution in [0.4, 0.5) is 0 Å². The molecule has 0 spiro atoms. The van der Waals surface area contributed by atoms with Gasteiger partial charge in [0.15, 0.2) is 0 Å². The van der Waals surface area contributed by atoms with E-state index >= 15 is 0 Å². The average molecular weight is 313 g/mol. The molecule has 0 fully saturated rings. The second-order valence-corrected chi connectivity index (χ2v) is 6.49. The zero-order valence-electron chi connectivity index (χ0n) is 13.5. The average Bonchev–Trinajstić information content (AvgIpc) is 3.03. The van der Waals surface area contributed by atoms with Crippen molar-refractivity contribution in [3.05, 3.63) is 77.1 Å². The molecule has 0 amide bonds. The standard InChI is InChI=1S/C21H19N3/c1-2-6-14(7-3-1)12-19-21-20(15-8-4-5-9-17(15)24-21)16-13-22-11-10-18(16)23-19/h1-9,22,24H,10-13H2.